The van der Waals surface area contributed by atoms with Gasteiger partial charge in [-0.2, -0.15) is 13.2 Å². The Bertz CT molecular complexity index is 469. The summed E-state index contributed by atoms with van der Waals surface area (Å²) in [6.07, 6.45) is 1.13. The molecular weight excluding hydrogens is 299 g/mol. The average molecular weight is 317 g/mol. The van der Waals surface area contributed by atoms with Gasteiger partial charge in [0.2, 0.25) is 0 Å². The summed E-state index contributed by atoms with van der Waals surface area (Å²) in [5.74, 6) is 0.485. The van der Waals surface area contributed by atoms with Gasteiger partial charge in [0, 0.05) is 12.3 Å². The Balaban J connectivity index is 2.35. The topological polar surface area (TPSA) is 29.1 Å². The summed E-state index contributed by atoms with van der Waals surface area (Å²) in [7, 11) is 0. The highest BCUT2D eigenvalue weighted by atomic mass is 32.2. The van der Waals surface area contributed by atoms with Gasteiger partial charge in [-0.25, -0.2) is 0 Å². The lowest BCUT2D eigenvalue weighted by Gasteiger charge is -2.05. The second-order valence-electron chi connectivity index (χ2n) is 4.40. The maximum absolute atomic E-state index is 12.4. The Labute approximate surface area is 126 Å². The van der Waals surface area contributed by atoms with Crippen molar-refractivity contribution in [2.24, 2.45) is 0 Å². The number of carbonyl (C=O) groups is 1. The summed E-state index contributed by atoms with van der Waals surface area (Å²) < 4.78 is 37.1. The second kappa shape index (κ2) is 8.77. The van der Waals surface area contributed by atoms with Gasteiger partial charge >= 0.3 is 6.18 Å². The molecule has 1 N–H and O–H groups in total. The zero-order valence-corrected chi connectivity index (χ0v) is 12.6. The van der Waals surface area contributed by atoms with Crippen molar-refractivity contribution in [3.05, 3.63) is 41.5 Å². The largest absolute Gasteiger partial charge is 0.416 e. The quantitative estimate of drug-likeness (QED) is 0.751. The number of hydrogen-bond acceptors (Lipinski definition) is 2. The first-order valence-electron chi connectivity index (χ1n) is 6.68. The van der Waals surface area contributed by atoms with Crippen molar-refractivity contribution in [1.29, 1.82) is 0 Å². The third kappa shape index (κ3) is 7.22. The summed E-state index contributed by atoms with van der Waals surface area (Å²) in [4.78, 5) is 11.4. The Morgan fingerprint density at radius 3 is 2.52 bits per heavy atom. The van der Waals surface area contributed by atoms with E-state index < -0.39 is 11.7 Å². The molecule has 0 radical (unpaired) electrons. The SMILES string of the molecule is CCCCNC(=O)SC/C=C/c1ccc(C(F)(F)F)cc1. The van der Waals surface area contributed by atoms with Gasteiger partial charge in [0.15, 0.2) is 0 Å². The van der Waals surface area contributed by atoms with E-state index in [1.54, 1.807) is 12.2 Å². The molecule has 0 saturated carbocycles. The van der Waals surface area contributed by atoms with Crippen LogP contribution in [0.4, 0.5) is 18.0 Å². The molecule has 1 aromatic carbocycles. The van der Waals surface area contributed by atoms with Crippen LogP contribution >= 0.6 is 11.8 Å². The van der Waals surface area contributed by atoms with E-state index in [0.717, 1.165) is 36.7 Å². The fraction of sp³-hybridized carbons (Fsp3) is 0.400. The Morgan fingerprint density at radius 1 is 1.29 bits per heavy atom. The molecule has 1 amide bonds. The number of amides is 1. The number of benzene rings is 1. The number of carbonyl (C=O) groups excluding carboxylic acids is 1. The molecule has 21 heavy (non-hydrogen) atoms. The van der Waals surface area contributed by atoms with E-state index in [-0.39, 0.29) is 5.24 Å². The molecule has 0 atom stereocenters. The predicted octanol–water partition coefficient (Wildman–Crippen LogP) is 4.96. The first-order valence-corrected chi connectivity index (χ1v) is 7.66. The highest BCUT2D eigenvalue weighted by Crippen LogP contribution is 2.29. The molecule has 0 bridgehead atoms. The van der Waals surface area contributed by atoms with Gasteiger partial charge in [0.05, 0.1) is 5.56 Å². The molecule has 0 aliphatic heterocycles. The molecule has 0 aliphatic rings. The van der Waals surface area contributed by atoms with Crippen LogP contribution in [0, 0.1) is 0 Å². The summed E-state index contributed by atoms with van der Waals surface area (Å²) in [6, 6.07) is 4.91. The van der Waals surface area contributed by atoms with Gasteiger partial charge < -0.3 is 5.32 Å². The Morgan fingerprint density at radius 2 is 1.95 bits per heavy atom. The van der Waals surface area contributed by atoms with Crippen LogP contribution in [0.25, 0.3) is 6.08 Å². The maximum Gasteiger partial charge on any atom is 0.416 e. The molecule has 0 fully saturated rings. The number of thioether (sulfide) groups is 1. The van der Waals surface area contributed by atoms with Gasteiger partial charge in [0.25, 0.3) is 5.24 Å². The molecule has 1 rings (SSSR count). The second-order valence-corrected chi connectivity index (χ2v) is 5.39. The van der Waals surface area contributed by atoms with Crippen LogP contribution in [0.15, 0.2) is 30.3 Å². The van der Waals surface area contributed by atoms with Gasteiger partial charge in [-0.05, 0) is 24.1 Å². The van der Waals surface area contributed by atoms with E-state index in [0.29, 0.717) is 17.9 Å². The minimum atomic E-state index is -4.31. The van der Waals surface area contributed by atoms with Crippen LogP contribution in [0.2, 0.25) is 0 Å². The lowest BCUT2D eigenvalue weighted by molar-refractivity contribution is -0.137. The summed E-state index contributed by atoms with van der Waals surface area (Å²) in [5, 5.41) is 2.69. The zero-order chi connectivity index (χ0) is 15.7. The van der Waals surface area contributed by atoms with Crippen LogP contribution in [0.1, 0.15) is 30.9 Å². The monoisotopic (exact) mass is 317 g/mol. The molecule has 0 unspecified atom stereocenters. The van der Waals surface area contributed by atoms with E-state index in [4.69, 9.17) is 0 Å². The first-order chi connectivity index (χ1) is 9.93. The molecule has 0 heterocycles. The van der Waals surface area contributed by atoms with Gasteiger partial charge in [-0.3, -0.25) is 4.79 Å². The van der Waals surface area contributed by atoms with Crippen molar-refractivity contribution in [1.82, 2.24) is 5.32 Å². The molecule has 0 aromatic heterocycles. The standard InChI is InChI=1S/C15H18F3NOS/c1-2-3-10-19-14(20)21-11-4-5-12-6-8-13(9-7-12)15(16,17)18/h4-9H,2-3,10-11H2,1H3,(H,19,20)/b5-4+. The lowest BCUT2D eigenvalue weighted by Crippen LogP contribution is -2.19. The van der Waals surface area contributed by atoms with Crippen LogP contribution < -0.4 is 5.32 Å². The molecule has 0 spiro atoms. The number of halogens is 3. The highest BCUT2D eigenvalue weighted by Gasteiger charge is 2.29. The van der Waals surface area contributed by atoms with Crippen molar-refractivity contribution in [2.75, 3.05) is 12.3 Å². The number of hydrogen-bond donors (Lipinski definition) is 1. The van der Waals surface area contributed by atoms with Crippen LogP contribution in [-0.4, -0.2) is 17.5 Å². The van der Waals surface area contributed by atoms with E-state index >= 15 is 0 Å². The van der Waals surface area contributed by atoms with Crippen molar-refractivity contribution in [3.8, 4) is 0 Å². The van der Waals surface area contributed by atoms with Crippen molar-refractivity contribution < 1.29 is 18.0 Å². The van der Waals surface area contributed by atoms with Crippen molar-refractivity contribution in [3.63, 3.8) is 0 Å². The Kier molecular flexibility index (Phi) is 7.36. The van der Waals surface area contributed by atoms with Crippen molar-refractivity contribution >= 4 is 23.1 Å². The Hall–Kier alpha value is -1.43. The normalized spacial score (nSPS) is 11.8. The van der Waals surface area contributed by atoms with Gasteiger partial charge in [-0.1, -0.05) is 49.4 Å². The average Bonchev–Trinajstić information content (AvgIpc) is 2.43. The minimum Gasteiger partial charge on any atom is -0.347 e. The summed E-state index contributed by atoms with van der Waals surface area (Å²) in [6.45, 7) is 2.72. The molecule has 0 aliphatic carbocycles. The van der Waals surface area contributed by atoms with E-state index in [1.807, 2.05) is 6.92 Å². The van der Waals surface area contributed by atoms with Crippen LogP contribution in [0.5, 0.6) is 0 Å². The first kappa shape index (κ1) is 17.6. The third-order valence-corrected chi connectivity index (χ3v) is 3.42. The van der Waals surface area contributed by atoms with Crippen molar-refractivity contribution in [2.45, 2.75) is 25.9 Å². The van der Waals surface area contributed by atoms with E-state index in [1.165, 1.54) is 12.1 Å². The molecule has 2 nitrogen and oxygen atoms in total. The molecule has 1 aromatic rings. The zero-order valence-electron chi connectivity index (χ0n) is 11.7. The number of unbranched alkanes of at least 4 members (excludes halogenated alkanes) is 1. The van der Waals surface area contributed by atoms with Crippen LogP contribution in [-0.2, 0) is 6.18 Å². The minimum absolute atomic E-state index is 0.0829. The van der Waals surface area contributed by atoms with E-state index in [2.05, 4.69) is 5.32 Å². The fourth-order valence-electron chi connectivity index (χ4n) is 1.51. The lowest BCUT2D eigenvalue weighted by atomic mass is 10.1. The van der Waals surface area contributed by atoms with Gasteiger partial charge in [0.1, 0.15) is 0 Å². The van der Waals surface area contributed by atoms with Gasteiger partial charge in [-0.15, -0.1) is 0 Å². The summed E-state index contributed by atoms with van der Waals surface area (Å²) in [5.41, 5.74) is 0.0133. The molecular formula is C15H18F3NOS. The smallest absolute Gasteiger partial charge is 0.347 e. The van der Waals surface area contributed by atoms with E-state index in [9.17, 15) is 18.0 Å². The highest BCUT2D eigenvalue weighted by molar-refractivity contribution is 8.13. The molecule has 6 heteroatoms. The molecule has 0 saturated heterocycles. The number of nitrogens with one attached hydrogen (secondary N) is 1. The summed E-state index contributed by atoms with van der Waals surface area (Å²) >= 11 is 1.14. The number of alkyl halides is 3. The fourth-order valence-corrected chi connectivity index (χ4v) is 2.06. The third-order valence-electron chi connectivity index (χ3n) is 2.66. The van der Waals surface area contributed by atoms with Crippen LogP contribution in [0.3, 0.4) is 0 Å². The number of rotatable bonds is 6. The molecule has 116 valence electrons. The predicted molar refractivity (Wildman–Crippen MR) is 81.2 cm³/mol. The maximum atomic E-state index is 12.4.